The lowest BCUT2D eigenvalue weighted by molar-refractivity contribution is -0.136. The molecule has 2 N–H and O–H groups in total. The third-order valence-corrected chi connectivity index (χ3v) is 4.19. The summed E-state index contributed by atoms with van der Waals surface area (Å²) in [6, 6.07) is 8.48. The Balaban J connectivity index is 2.06. The van der Waals surface area contributed by atoms with Gasteiger partial charge in [-0.2, -0.15) is 0 Å². The molecule has 1 aliphatic rings. The minimum absolute atomic E-state index is 0.0343. The molecule has 1 aromatic carbocycles. The molecule has 1 aromatic rings. The van der Waals surface area contributed by atoms with Gasteiger partial charge in [0.25, 0.3) is 0 Å². The van der Waals surface area contributed by atoms with E-state index in [1.54, 1.807) is 0 Å². The molecule has 2 unspecified atom stereocenters. The summed E-state index contributed by atoms with van der Waals surface area (Å²) in [7, 11) is 0. The van der Waals surface area contributed by atoms with E-state index in [0.29, 0.717) is 6.54 Å². The highest BCUT2D eigenvalue weighted by atomic mass is 16.2. The zero-order chi connectivity index (χ0) is 14.5. The zero-order valence-electron chi connectivity index (χ0n) is 12.6. The predicted octanol–water partition coefficient (Wildman–Crippen LogP) is 2.86. The average Bonchev–Trinajstić information content (AvgIpc) is 2.86. The van der Waals surface area contributed by atoms with Crippen LogP contribution in [0.15, 0.2) is 24.3 Å². The summed E-state index contributed by atoms with van der Waals surface area (Å²) < 4.78 is 0. The van der Waals surface area contributed by atoms with Gasteiger partial charge >= 0.3 is 0 Å². The summed E-state index contributed by atoms with van der Waals surface area (Å²) in [5.74, 6) is 0.282. The first-order chi connectivity index (χ1) is 9.61. The summed E-state index contributed by atoms with van der Waals surface area (Å²) in [6.45, 7) is 5.71. The Kier molecular flexibility index (Phi) is 5.18. The zero-order valence-corrected chi connectivity index (χ0v) is 12.6. The molecule has 1 saturated carbocycles. The van der Waals surface area contributed by atoms with Crippen LogP contribution in [0.3, 0.4) is 0 Å². The van der Waals surface area contributed by atoms with Gasteiger partial charge in [0.15, 0.2) is 0 Å². The SMILES string of the molecule is CCCN(Cc1ccc(C)cc1)C(=O)C1CCCC1N. The van der Waals surface area contributed by atoms with Crippen molar-refractivity contribution >= 4 is 5.91 Å². The van der Waals surface area contributed by atoms with Crippen molar-refractivity contribution in [2.24, 2.45) is 11.7 Å². The molecule has 1 fully saturated rings. The molecule has 0 radical (unpaired) electrons. The van der Waals surface area contributed by atoms with Crippen molar-refractivity contribution in [3.05, 3.63) is 35.4 Å². The molecule has 0 aliphatic heterocycles. The third-order valence-electron chi connectivity index (χ3n) is 4.19. The lowest BCUT2D eigenvalue weighted by atomic mass is 10.0. The van der Waals surface area contributed by atoms with E-state index in [0.717, 1.165) is 32.2 Å². The van der Waals surface area contributed by atoms with Crippen LogP contribution < -0.4 is 5.73 Å². The summed E-state index contributed by atoms with van der Waals surface area (Å²) >= 11 is 0. The second kappa shape index (κ2) is 6.89. The average molecular weight is 274 g/mol. The number of carbonyl (C=O) groups is 1. The van der Waals surface area contributed by atoms with Crippen molar-refractivity contribution in [2.45, 2.75) is 52.1 Å². The number of carbonyl (C=O) groups excluding carboxylic acids is 1. The fraction of sp³-hybridized carbons (Fsp3) is 0.588. The van der Waals surface area contributed by atoms with Crippen LogP contribution in [0, 0.1) is 12.8 Å². The van der Waals surface area contributed by atoms with Crippen molar-refractivity contribution in [1.29, 1.82) is 0 Å². The minimum Gasteiger partial charge on any atom is -0.338 e. The summed E-state index contributed by atoms with van der Waals surface area (Å²) in [5.41, 5.74) is 8.53. The third kappa shape index (κ3) is 3.60. The molecule has 0 heterocycles. The van der Waals surface area contributed by atoms with Gasteiger partial charge in [-0.25, -0.2) is 0 Å². The van der Waals surface area contributed by atoms with Crippen LogP contribution in [0.1, 0.15) is 43.7 Å². The van der Waals surface area contributed by atoms with E-state index in [1.807, 2.05) is 4.90 Å². The lowest BCUT2D eigenvalue weighted by Crippen LogP contribution is -2.41. The number of hydrogen-bond acceptors (Lipinski definition) is 2. The molecule has 3 heteroatoms. The van der Waals surface area contributed by atoms with Gasteiger partial charge in [-0.15, -0.1) is 0 Å². The molecule has 110 valence electrons. The highest BCUT2D eigenvalue weighted by Crippen LogP contribution is 2.26. The van der Waals surface area contributed by atoms with E-state index in [4.69, 9.17) is 5.73 Å². The molecule has 2 atom stereocenters. The van der Waals surface area contributed by atoms with Crippen molar-refractivity contribution < 1.29 is 4.79 Å². The first kappa shape index (κ1) is 15.0. The number of amides is 1. The van der Waals surface area contributed by atoms with Gasteiger partial charge in [-0.05, 0) is 31.7 Å². The van der Waals surface area contributed by atoms with E-state index in [9.17, 15) is 4.79 Å². The summed E-state index contributed by atoms with van der Waals surface area (Å²) in [5, 5.41) is 0. The Morgan fingerprint density at radius 1 is 1.30 bits per heavy atom. The number of hydrogen-bond donors (Lipinski definition) is 1. The van der Waals surface area contributed by atoms with E-state index in [-0.39, 0.29) is 17.9 Å². The first-order valence-corrected chi connectivity index (χ1v) is 7.71. The minimum atomic E-state index is 0.0343. The molecule has 1 amide bonds. The fourth-order valence-electron chi connectivity index (χ4n) is 2.98. The number of aryl methyl sites for hydroxylation is 1. The fourth-order valence-corrected chi connectivity index (χ4v) is 2.98. The molecule has 0 aromatic heterocycles. The quantitative estimate of drug-likeness (QED) is 0.897. The molecule has 20 heavy (non-hydrogen) atoms. The Bertz CT molecular complexity index is 441. The molecular formula is C17H26N2O. The predicted molar refractivity (Wildman–Crippen MR) is 82.2 cm³/mol. The van der Waals surface area contributed by atoms with Gasteiger partial charge < -0.3 is 10.6 Å². The lowest BCUT2D eigenvalue weighted by Gasteiger charge is -2.27. The second-order valence-corrected chi connectivity index (χ2v) is 5.95. The molecule has 0 saturated heterocycles. The van der Waals surface area contributed by atoms with Crippen LogP contribution in [-0.2, 0) is 11.3 Å². The molecular weight excluding hydrogens is 248 g/mol. The van der Waals surface area contributed by atoms with E-state index in [2.05, 4.69) is 38.1 Å². The maximum atomic E-state index is 12.7. The number of nitrogens with two attached hydrogens (primary N) is 1. The maximum Gasteiger partial charge on any atom is 0.227 e. The summed E-state index contributed by atoms with van der Waals surface area (Å²) in [4.78, 5) is 14.6. The normalized spacial score (nSPS) is 21.9. The molecule has 0 spiro atoms. The van der Waals surface area contributed by atoms with E-state index in [1.165, 1.54) is 11.1 Å². The van der Waals surface area contributed by atoms with Crippen LogP contribution in [0.4, 0.5) is 0 Å². The monoisotopic (exact) mass is 274 g/mol. The first-order valence-electron chi connectivity index (χ1n) is 7.71. The smallest absolute Gasteiger partial charge is 0.227 e. The van der Waals surface area contributed by atoms with Crippen LogP contribution >= 0.6 is 0 Å². The van der Waals surface area contributed by atoms with Crippen molar-refractivity contribution in [3.8, 4) is 0 Å². The van der Waals surface area contributed by atoms with Gasteiger partial charge in [-0.1, -0.05) is 43.2 Å². The second-order valence-electron chi connectivity index (χ2n) is 5.95. The Morgan fingerprint density at radius 3 is 2.55 bits per heavy atom. The standard InChI is InChI=1S/C17H26N2O/c1-3-11-19(12-14-9-7-13(2)8-10-14)17(20)15-5-4-6-16(15)18/h7-10,15-16H,3-6,11-12,18H2,1-2H3. The van der Waals surface area contributed by atoms with Gasteiger partial charge in [-0.3, -0.25) is 4.79 Å². The van der Waals surface area contributed by atoms with Crippen molar-refractivity contribution in [1.82, 2.24) is 4.90 Å². The maximum absolute atomic E-state index is 12.7. The Labute approximate surface area is 122 Å². The van der Waals surface area contributed by atoms with E-state index < -0.39 is 0 Å². The van der Waals surface area contributed by atoms with Crippen molar-refractivity contribution in [2.75, 3.05) is 6.54 Å². The number of benzene rings is 1. The molecule has 3 nitrogen and oxygen atoms in total. The Hall–Kier alpha value is -1.35. The van der Waals surface area contributed by atoms with Crippen LogP contribution in [-0.4, -0.2) is 23.4 Å². The Morgan fingerprint density at radius 2 is 2.00 bits per heavy atom. The van der Waals surface area contributed by atoms with E-state index >= 15 is 0 Å². The molecule has 2 rings (SSSR count). The summed E-state index contributed by atoms with van der Waals surface area (Å²) in [6.07, 6.45) is 4.01. The molecule has 0 bridgehead atoms. The van der Waals surface area contributed by atoms with Crippen LogP contribution in [0.25, 0.3) is 0 Å². The van der Waals surface area contributed by atoms with Gasteiger partial charge in [0.05, 0.1) is 5.92 Å². The highest BCUT2D eigenvalue weighted by Gasteiger charge is 2.33. The van der Waals surface area contributed by atoms with Crippen LogP contribution in [0.5, 0.6) is 0 Å². The van der Waals surface area contributed by atoms with Gasteiger partial charge in [0, 0.05) is 19.1 Å². The molecule has 1 aliphatic carbocycles. The number of nitrogens with zero attached hydrogens (tertiary/aromatic N) is 1. The van der Waals surface area contributed by atoms with Crippen LogP contribution in [0.2, 0.25) is 0 Å². The topological polar surface area (TPSA) is 46.3 Å². The van der Waals surface area contributed by atoms with Crippen molar-refractivity contribution in [3.63, 3.8) is 0 Å². The number of rotatable bonds is 5. The largest absolute Gasteiger partial charge is 0.338 e. The van der Waals surface area contributed by atoms with Gasteiger partial charge in [0.2, 0.25) is 5.91 Å². The van der Waals surface area contributed by atoms with Gasteiger partial charge in [0.1, 0.15) is 0 Å². The highest BCUT2D eigenvalue weighted by molar-refractivity contribution is 5.80.